The van der Waals surface area contributed by atoms with Crippen LogP contribution in [-0.4, -0.2) is 22.9 Å². The Morgan fingerprint density at radius 2 is 2.31 bits per heavy atom. The van der Waals surface area contributed by atoms with E-state index >= 15 is 0 Å². The maximum atomic E-state index is 13.0. The summed E-state index contributed by atoms with van der Waals surface area (Å²) in [6, 6.07) is 3.62. The third-order valence-electron chi connectivity index (χ3n) is 2.65. The largest absolute Gasteiger partial charge is 0.506 e. The van der Waals surface area contributed by atoms with Gasteiger partial charge < -0.3 is 10.0 Å². The summed E-state index contributed by atoms with van der Waals surface area (Å²) in [5.41, 5.74) is 0.258. The first-order chi connectivity index (χ1) is 7.61. The van der Waals surface area contributed by atoms with Crippen molar-refractivity contribution in [3.63, 3.8) is 0 Å². The van der Waals surface area contributed by atoms with Crippen LogP contribution in [0, 0.1) is 11.7 Å². The molecule has 0 radical (unpaired) electrons. The van der Waals surface area contributed by atoms with Crippen LogP contribution in [0.15, 0.2) is 18.2 Å². The Balaban J connectivity index is 2.30. The standard InChI is InChI=1S/C11H11BrFNO2/c12-5-7-3-11(16)14(6-7)9-4-8(13)1-2-10(9)15/h1-2,4,7,15H,3,5-6H2. The molecule has 86 valence electrons. The Labute approximate surface area is 101 Å². The number of phenolic OH excluding ortho intramolecular Hbond substituents is 1. The number of alkyl halides is 1. The third-order valence-corrected chi connectivity index (χ3v) is 3.57. The second-order valence-electron chi connectivity index (χ2n) is 3.86. The van der Waals surface area contributed by atoms with Crippen LogP contribution in [0.2, 0.25) is 0 Å². The second-order valence-corrected chi connectivity index (χ2v) is 4.51. The molecule has 1 atom stereocenters. The van der Waals surface area contributed by atoms with Gasteiger partial charge in [-0.05, 0) is 18.1 Å². The van der Waals surface area contributed by atoms with Crippen molar-refractivity contribution < 1.29 is 14.3 Å². The first kappa shape index (κ1) is 11.4. The lowest BCUT2D eigenvalue weighted by molar-refractivity contribution is -0.117. The Kier molecular flexibility index (Phi) is 3.14. The molecule has 1 unspecified atom stereocenters. The molecule has 1 fully saturated rings. The molecule has 1 aliphatic heterocycles. The van der Waals surface area contributed by atoms with Gasteiger partial charge in [-0.15, -0.1) is 0 Å². The predicted octanol–water partition coefficient (Wildman–Crippen LogP) is 2.28. The smallest absolute Gasteiger partial charge is 0.227 e. The zero-order chi connectivity index (χ0) is 11.7. The molecule has 0 spiro atoms. The van der Waals surface area contributed by atoms with Gasteiger partial charge in [-0.1, -0.05) is 15.9 Å². The van der Waals surface area contributed by atoms with E-state index in [1.165, 1.54) is 23.1 Å². The number of carbonyl (C=O) groups is 1. The second kappa shape index (κ2) is 4.41. The number of nitrogens with zero attached hydrogens (tertiary/aromatic N) is 1. The zero-order valence-electron chi connectivity index (χ0n) is 8.49. The Morgan fingerprint density at radius 1 is 1.56 bits per heavy atom. The van der Waals surface area contributed by atoms with Gasteiger partial charge in [0.25, 0.3) is 0 Å². The molecule has 2 rings (SSSR count). The molecule has 0 saturated carbocycles. The maximum absolute atomic E-state index is 13.0. The fourth-order valence-corrected chi connectivity index (χ4v) is 2.26. The molecule has 0 aliphatic carbocycles. The van der Waals surface area contributed by atoms with Gasteiger partial charge in [-0.3, -0.25) is 4.79 Å². The topological polar surface area (TPSA) is 40.5 Å². The summed E-state index contributed by atoms with van der Waals surface area (Å²) in [4.78, 5) is 13.1. The summed E-state index contributed by atoms with van der Waals surface area (Å²) in [7, 11) is 0. The van der Waals surface area contributed by atoms with E-state index in [1.54, 1.807) is 0 Å². The maximum Gasteiger partial charge on any atom is 0.227 e. The van der Waals surface area contributed by atoms with Crippen LogP contribution in [-0.2, 0) is 4.79 Å². The summed E-state index contributed by atoms with van der Waals surface area (Å²) in [5.74, 6) is -0.381. The van der Waals surface area contributed by atoms with Crippen LogP contribution < -0.4 is 4.90 Å². The lowest BCUT2D eigenvalue weighted by Gasteiger charge is -2.17. The van der Waals surface area contributed by atoms with E-state index in [4.69, 9.17) is 0 Å². The van der Waals surface area contributed by atoms with Crippen molar-refractivity contribution in [1.29, 1.82) is 0 Å². The molecular formula is C11H11BrFNO2. The molecule has 1 aromatic carbocycles. The molecule has 1 heterocycles. The summed E-state index contributed by atoms with van der Waals surface area (Å²) in [5, 5.41) is 10.3. The molecule has 1 amide bonds. The van der Waals surface area contributed by atoms with E-state index in [2.05, 4.69) is 15.9 Å². The number of rotatable bonds is 2. The van der Waals surface area contributed by atoms with Gasteiger partial charge in [0.05, 0.1) is 5.69 Å². The SMILES string of the molecule is O=C1CC(CBr)CN1c1cc(F)ccc1O. The summed E-state index contributed by atoms with van der Waals surface area (Å²) in [6.45, 7) is 0.515. The number of benzene rings is 1. The quantitative estimate of drug-likeness (QED) is 0.848. The van der Waals surface area contributed by atoms with Crippen LogP contribution in [0.5, 0.6) is 5.75 Å². The number of phenols is 1. The fourth-order valence-electron chi connectivity index (χ4n) is 1.83. The molecule has 0 aromatic heterocycles. The van der Waals surface area contributed by atoms with Crippen LogP contribution in [0.4, 0.5) is 10.1 Å². The number of aromatic hydroxyl groups is 1. The third kappa shape index (κ3) is 2.04. The molecule has 3 nitrogen and oxygen atoms in total. The Hall–Kier alpha value is -1.10. The van der Waals surface area contributed by atoms with Gasteiger partial charge in [-0.2, -0.15) is 0 Å². The van der Waals surface area contributed by atoms with E-state index < -0.39 is 5.82 Å². The molecule has 16 heavy (non-hydrogen) atoms. The van der Waals surface area contributed by atoms with Crippen LogP contribution in [0.3, 0.4) is 0 Å². The number of hydrogen-bond acceptors (Lipinski definition) is 2. The van der Waals surface area contributed by atoms with Crippen LogP contribution in [0.25, 0.3) is 0 Å². The van der Waals surface area contributed by atoms with Crippen molar-refractivity contribution in [2.24, 2.45) is 5.92 Å². The van der Waals surface area contributed by atoms with Crippen molar-refractivity contribution in [2.45, 2.75) is 6.42 Å². The van der Waals surface area contributed by atoms with Crippen molar-refractivity contribution >= 4 is 27.5 Å². The van der Waals surface area contributed by atoms with Crippen LogP contribution >= 0.6 is 15.9 Å². The first-order valence-corrected chi connectivity index (χ1v) is 6.09. The number of halogens is 2. The monoisotopic (exact) mass is 287 g/mol. The Bertz CT molecular complexity index is 424. The van der Waals surface area contributed by atoms with Gasteiger partial charge >= 0.3 is 0 Å². The normalized spacial score (nSPS) is 20.5. The minimum Gasteiger partial charge on any atom is -0.506 e. The molecule has 1 aliphatic rings. The number of carbonyl (C=O) groups excluding carboxylic acids is 1. The van der Waals surface area contributed by atoms with Gasteiger partial charge in [-0.25, -0.2) is 4.39 Å². The molecule has 1 saturated heterocycles. The van der Waals surface area contributed by atoms with Crippen molar-refractivity contribution in [3.05, 3.63) is 24.0 Å². The molecule has 1 N–H and O–H groups in total. The highest BCUT2D eigenvalue weighted by Crippen LogP contribution is 2.33. The molecule has 0 bridgehead atoms. The lowest BCUT2D eigenvalue weighted by atomic mass is 10.2. The lowest BCUT2D eigenvalue weighted by Crippen LogP contribution is -2.24. The van der Waals surface area contributed by atoms with Gasteiger partial charge in [0.2, 0.25) is 5.91 Å². The number of hydrogen-bond donors (Lipinski definition) is 1. The van der Waals surface area contributed by atoms with E-state index in [-0.39, 0.29) is 23.3 Å². The minimum atomic E-state index is -0.456. The summed E-state index contributed by atoms with van der Waals surface area (Å²) in [6.07, 6.45) is 0.432. The van der Waals surface area contributed by atoms with E-state index in [0.29, 0.717) is 13.0 Å². The van der Waals surface area contributed by atoms with Gasteiger partial charge in [0.1, 0.15) is 11.6 Å². The molecular weight excluding hydrogens is 277 g/mol. The number of anilines is 1. The van der Waals surface area contributed by atoms with Crippen molar-refractivity contribution in [3.8, 4) is 5.75 Å². The van der Waals surface area contributed by atoms with E-state index in [9.17, 15) is 14.3 Å². The van der Waals surface area contributed by atoms with Crippen molar-refractivity contribution in [2.75, 3.05) is 16.8 Å². The highest BCUT2D eigenvalue weighted by Gasteiger charge is 2.31. The highest BCUT2D eigenvalue weighted by molar-refractivity contribution is 9.09. The van der Waals surface area contributed by atoms with Crippen LogP contribution in [0.1, 0.15) is 6.42 Å². The number of amides is 1. The highest BCUT2D eigenvalue weighted by atomic mass is 79.9. The average Bonchev–Trinajstić information content (AvgIpc) is 2.63. The fraction of sp³-hybridized carbons (Fsp3) is 0.364. The van der Waals surface area contributed by atoms with E-state index in [1.807, 2.05) is 0 Å². The summed E-state index contributed by atoms with van der Waals surface area (Å²) < 4.78 is 13.0. The van der Waals surface area contributed by atoms with Gasteiger partial charge in [0.15, 0.2) is 0 Å². The first-order valence-electron chi connectivity index (χ1n) is 4.96. The molecule has 5 heteroatoms. The minimum absolute atomic E-state index is 0.0648. The van der Waals surface area contributed by atoms with Crippen molar-refractivity contribution in [1.82, 2.24) is 0 Å². The van der Waals surface area contributed by atoms with Gasteiger partial charge in [0, 0.05) is 24.4 Å². The summed E-state index contributed by atoms with van der Waals surface area (Å²) >= 11 is 3.32. The molecule has 1 aromatic rings. The zero-order valence-corrected chi connectivity index (χ0v) is 10.1. The Morgan fingerprint density at radius 3 is 2.94 bits per heavy atom. The van der Waals surface area contributed by atoms with E-state index in [0.717, 1.165) is 5.33 Å². The average molecular weight is 288 g/mol. The predicted molar refractivity (Wildman–Crippen MR) is 62.3 cm³/mol.